The number of methoxy groups -OCH3 is 1. The van der Waals surface area contributed by atoms with Crippen molar-refractivity contribution < 1.29 is 4.74 Å². The molecule has 0 atom stereocenters. The SMILES string of the molecule is COc1c(Br)cccc1N=Nc1c(C)[nH]n(-c2ccc(C)c(C)c2)c1=O. The molecule has 0 saturated heterocycles. The van der Waals surface area contributed by atoms with Crippen LogP contribution in [-0.2, 0) is 0 Å². The summed E-state index contributed by atoms with van der Waals surface area (Å²) >= 11 is 3.41. The van der Waals surface area contributed by atoms with Crippen LogP contribution in [0, 0.1) is 20.8 Å². The molecule has 0 aliphatic rings. The molecule has 0 amide bonds. The highest BCUT2D eigenvalue weighted by Crippen LogP contribution is 2.35. The van der Waals surface area contributed by atoms with Crippen molar-refractivity contribution in [3.8, 4) is 11.4 Å². The topological polar surface area (TPSA) is 71.7 Å². The van der Waals surface area contributed by atoms with Gasteiger partial charge in [-0.2, -0.15) is 0 Å². The predicted octanol–water partition coefficient (Wildman–Crippen LogP) is 5.28. The first-order chi connectivity index (χ1) is 12.4. The summed E-state index contributed by atoms with van der Waals surface area (Å²) in [5.41, 5.74) is 4.26. The molecule has 0 saturated carbocycles. The van der Waals surface area contributed by atoms with Crippen LogP contribution in [0.25, 0.3) is 5.69 Å². The molecule has 3 rings (SSSR count). The first kappa shape index (κ1) is 18.1. The van der Waals surface area contributed by atoms with Gasteiger partial charge in [0.2, 0.25) is 0 Å². The molecule has 2 aromatic carbocycles. The largest absolute Gasteiger partial charge is 0.493 e. The Morgan fingerprint density at radius 2 is 1.85 bits per heavy atom. The highest BCUT2D eigenvalue weighted by molar-refractivity contribution is 9.10. The molecule has 3 aromatic rings. The van der Waals surface area contributed by atoms with Crippen LogP contribution < -0.4 is 10.3 Å². The third-order valence-corrected chi connectivity index (χ3v) is 4.82. The van der Waals surface area contributed by atoms with Crippen molar-refractivity contribution in [1.29, 1.82) is 0 Å². The number of halogens is 1. The van der Waals surface area contributed by atoms with Gasteiger partial charge in [0.1, 0.15) is 5.69 Å². The summed E-state index contributed by atoms with van der Waals surface area (Å²) in [6, 6.07) is 11.3. The van der Waals surface area contributed by atoms with Crippen LogP contribution in [0.3, 0.4) is 0 Å². The molecular weight excluding hydrogens is 396 g/mol. The molecular formula is C19H19BrN4O2. The van der Waals surface area contributed by atoms with E-state index in [0.29, 0.717) is 17.1 Å². The van der Waals surface area contributed by atoms with Crippen molar-refractivity contribution >= 4 is 27.3 Å². The predicted molar refractivity (Wildman–Crippen MR) is 105 cm³/mol. The summed E-state index contributed by atoms with van der Waals surface area (Å²) in [4.78, 5) is 12.8. The summed E-state index contributed by atoms with van der Waals surface area (Å²) in [6.07, 6.45) is 0. The Bertz CT molecular complexity index is 1050. The first-order valence-electron chi connectivity index (χ1n) is 8.06. The van der Waals surface area contributed by atoms with E-state index < -0.39 is 0 Å². The standard InChI is InChI=1S/C19H19BrN4O2/c1-11-8-9-14(10-12(11)2)24-19(25)17(13(3)23-24)22-21-16-7-5-6-15(20)18(16)26-4/h5-10,23H,1-4H3. The Kier molecular flexibility index (Phi) is 5.08. The summed E-state index contributed by atoms with van der Waals surface area (Å²) in [5.74, 6) is 0.568. The van der Waals surface area contributed by atoms with Gasteiger partial charge in [0.05, 0.1) is 23.0 Å². The molecule has 0 aliphatic carbocycles. The highest BCUT2D eigenvalue weighted by atomic mass is 79.9. The van der Waals surface area contributed by atoms with Gasteiger partial charge in [0.15, 0.2) is 11.4 Å². The van der Waals surface area contributed by atoms with Gasteiger partial charge in [0.25, 0.3) is 5.56 Å². The van der Waals surface area contributed by atoms with Gasteiger partial charge < -0.3 is 4.74 Å². The molecule has 0 unspecified atom stereocenters. The Balaban J connectivity index is 2.03. The Morgan fingerprint density at radius 3 is 2.54 bits per heavy atom. The van der Waals surface area contributed by atoms with E-state index in [-0.39, 0.29) is 11.2 Å². The third kappa shape index (κ3) is 3.35. The summed E-state index contributed by atoms with van der Waals surface area (Å²) in [7, 11) is 1.56. The number of aromatic amines is 1. The number of benzene rings is 2. The fraction of sp³-hybridized carbons (Fsp3) is 0.211. The number of para-hydroxylation sites is 1. The molecule has 7 heteroatoms. The van der Waals surface area contributed by atoms with Gasteiger partial charge in [-0.15, -0.1) is 10.2 Å². The molecule has 0 spiro atoms. The zero-order valence-corrected chi connectivity index (χ0v) is 16.6. The maximum Gasteiger partial charge on any atom is 0.299 e. The zero-order chi connectivity index (χ0) is 18.8. The monoisotopic (exact) mass is 414 g/mol. The lowest BCUT2D eigenvalue weighted by Gasteiger charge is -2.05. The average Bonchev–Trinajstić information content (AvgIpc) is 2.90. The molecule has 1 aromatic heterocycles. The van der Waals surface area contributed by atoms with E-state index in [1.54, 1.807) is 20.1 Å². The Labute approximate surface area is 159 Å². The lowest BCUT2D eigenvalue weighted by Crippen LogP contribution is -2.14. The molecule has 0 bridgehead atoms. The van der Waals surface area contributed by atoms with Crippen molar-refractivity contribution in [2.75, 3.05) is 7.11 Å². The number of hydrogen-bond acceptors (Lipinski definition) is 4. The van der Waals surface area contributed by atoms with Crippen LogP contribution in [0.5, 0.6) is 5.75 Å². The van der Waals surface area contributed by atoms with Gasteiger partial charge in [-0.25, -0.2) is 4.68 Å². The second-order valence-electron chi connectivity index (χ2n) is 5.99. The number of aromatic nitrogens is 2. The maximum absolute atomic E-state index is 12.8. The fourth-order valence-corrected chi connectivity index (χ4v) is 3.10. The molecule has 0 fully saturated rings. The second-order valence-corrected chi connectivity index (χ2v) is 6.84. The van der Waals surface area contributed by atoms with Crippen molar-refractivity contribution in [2.45, 2.75) is 20.8 Å². The van der Waals surface area contributed by atoms with E-state index in [4.69, 9.17) is 4.74 Å². The summed E-state index contributed by atoms with van der Waals surface area (Å²) in [6.45, 7) is 5.85. The molecule has 0 aliphatic heterocycles. The fourth-order valence-electron chi connectivity index (χ4n) is 2.58. The zero-order valence-electron chi connectivity index (χ0n) is 15.0. The number of H-pyrrole nitrogens is 1. The van der Waals surface area contributed by atoms with E-state index in [2.05, 4.69) is 31.3 Å². The molecule has 134 valence electrons. The van der Waals surface area contributed by atoms with Crippen LogP contribution in [0.1, 0.15) is 16.8 Å². The van der Waals surface area contributed by atoms with Crippen LogP contribution >= 0.6 is 15.9 Å². The van der Waals surface area contributed by atoms with Crippen molar-refractivity contribution in [3.63, 3.8) is 0 Å². The van der Waals surface area contributed by atoms with Gasteiger partial charge in [0, 0.05) is 0 Å². The number of aryl methyl sites for hydroxylation is 3. The normalized spacial score (nSPS) is 11.3. The summed E-state index contributed by atoms with van der Waals surface area (Å²) < 4.78 is 7.59. The van der Waals surface area contributed by atoms with Crippen molar-refractivity contribution in [1.82, 2.24) is 9.78 Å². The number of nitrogens with zero attached hydrogens (tertiary/aromatic N) is 3. The minimum Gasteiger partial charge on any atom is -0.493 e. The van der Waals surface area contributed by atoms with Gasteiger partial charge >= 0.3 is 0 Å². The van der Waals surface area contributed by atoms with Crippen molar-refractivity contribution in [3.05, 3.63) is 68.0 Å². The smallest absolute Gasteiger partial charge is 0.299 e. The second kappa shape index (κ2) is 7.29. The Morgan fingerprint density at radius 1 is 1.08 bits per heavy atom. The lowest BCUT2D eigenvalue weighted by atomic mass is 10.1. The van der Waals surface area contributed by atoms with Gasteiger partial charge in [-0.05, 0) is 72.1 Å². The minimum atomic E-state index is -0.247. The van der Waals surface area contributed by atoms with Gasteiger partial charge in [-0.3, -0.25) is 9.89 Å². The minimum absolute atomic E-state index is 0.247. The van der Waals surface area contributed by atoms with E-state index in [9.17, 15) is 4.79 Å². The number of azo groups is 1. The van der Waals surface area contributed by atoms with Crippen LogP contribution in [-0.4, -0.2) is 16.9 Å². The number of rotatable bonds is 4. The Hall–Kier alpha value is -2.67. The maximum atomic E-state index is 12.8. The van der Waals surface area contributed by atoms with Crippen LogP contribution in [0.15, 0.2) is 55.9 Å². The lowest BCUT2D eigenvalue weighted by molar-refractivity contribution is 0.413. The van der Waals surface area contributed by atoms with E-state index >= 15 is 0 Å². The summed E-state index contributed by atoms with van der Waals surface area (Å²) in [5, 5.41) is 11.4. The van der Waals surface area contributed by atoms with Crippen LogP contribution in [0.2, 0.25) is 0 Å². The van der Waals surface area contributed by atoms with Crippen LogP contribution in [0.4, 0.5) is 11.4 Å². The molecule has 26 heavy (non-hydrogen) atoms. The third-order valence-electron chi connectivity index (χ3n) is 4.20. The van der Waals surface area contributed by atoms with E-state index in [0.717, 1.165) is 15.7 Å². The van der Waals surface area contributed by atoms with E-state index in [1.807, 2.05) is 44.2 Å². The average molecular weight is 415 g/mol. The molecule has 6 nitrogen and oxygen atoms in total. The number of hydrogen-bond donors (Lipinski definition) is 1. The van der Waals surface area contributed by atoms with E-state index in [1.165, 1.54) is 10.2 Å². The number of nitrogens with one attached hydrogen (secondary N) is 1. The first-order valence-corrected chi connectivity index (χ1v) is 8.85. The number of ether oxygens (including phenoxy) is 1. The molecule has 1 N–H and O–H groups in total. The van der Waals surface area contributed by atoms with Gasteiger partial charge in [-0.1, -0.05) is 12.1 Å². The highest BCUT2D eigenvalue weighted by Gasteiger charge is 2.13. The quantitative estimate of drug-likeness (QED) is 0.589. The molecule has 1 heterocycles. The molecule has 0 radical (unpaired) electrons. The van der Waals surface area contributed by atoms with Crippen molar-refractivity contribution in [2.24, 2.45) is 10.2 Å².